The Morgan fingerprint density at radius 2 is 2.08 bits per heavy atom. The van der Waals surface area contributed by atoms with Gasteiger partial charge in [-0.25, -0.2) is 0 Å². The number of hydrogen-bond donors (Lipinski definition) is 1. The van der Waals surface area contributed by atoms with Gasteiger partial charge in [-0.15, -0.1) is 0 Å². The molecule has 1 heterocycles. The lowest BCUT2D eigenvalue weighted by Crippen LogP contribution is -2.13. The summed E-state index contributed by atoms with van der Waals surface area (Å²) in [4.78, 5) is 25.0. The van der Waals surface area contributed by atoms with Crippen molar-refractivity contribution < 1.29 is 9.59 Å². The quantitative estimate of drug-likeness (QED) is 0.642. The van der Waals surface area contributed by atoms with Crippen LogP contribution in [0, 0.1) is 0 Å². The van der Waals surface area contributed by atoms with E-state index in [0.717, 1.165) is 0 Å². The highest BCUT2D eigenvalue weighted by molar-refractivity contribution is 5.95. The first-order valence-corrected chi connectivity index (χ1v) is 3.38. The van der Waals surface area contributed by atoms with Crippen LogP contribution >= 0.6 is 0 Å². The van der Waals surface area contributed by atoms with Crippen LogP contribution in [0.15, 0.2) is 18.3 Å². The van der Waals surface area contributed by atoms with E-state index in [1.165, 1.54) is 25.3 Å². The van der Waals surface area contributed by atoms with Crippen LogP contribution in [0.25, 0.3) is 0 Å². The number of nitrogens with two attached hydrogens (primary N) is 1. The molecule has 2 N–H and O–H groups in total. The molecule has 0 aromatic carbocycles. The summed E-state index contributed by atoms with van der Waals surface area (Å²) >= 11 is 0. The minimum Gasteiger partial charge on any atom is -0.364 e. The summed E-state index contributed by atoms with van der Waals surface area (Å²) in [6.45, 7) is 1.43. The number of nitrogens with zero attached hydrogens (tertiary/aromatic N) is 1. The first-order valence-electron chi connectivity index (χ1n) is 3.38. The molecule has 0 saturated heterocycles. The average Bonchev–Trinajstić information content (AvgIpc) is 2.04. The van der Waals surface area contributed by atoms with Crippen LogP contribution in [0.4, 0.5) is 0 Å². The Hall–Kier alpha value is -1.71. The molecule has 4 nitrogen and oxygen atoms in total. The number of carbonyl (C=O) groups excluding carboxylic acids is 2. The minimum atomic E-state index is -0.592. The molecule has 0 aliphatic rings. The number of amides is 1. The molecule has 1 rings (SSSR count). The summed E-state index contributed by atoms with van der Waals surface area (Å²) < 4.78 is 0. The van der Waals surface area contributed by atoms with Crippen molar-refractivity contribution in [1.29, 1.82) is 0 Å². The van der Waals surface area contributed by atoms with Crippen LogP contribution < -0.4 is 5.73 Å². The second-order valence-electron chi connectivity index (χ2n) is 2.35. The molecule has 0 aliphatic heterocycles. The number of pyridine rings is 1. The third-order valence-electron chi connectivity index (χ3n) is 1.42. The molecule has 62 valence electrons. The molecule has 1 aromatic heterocycles. The third-order valence-corrected chi connectivity index (χ3v) is 1.42. The normalized spacial score (nSPS) is 9.42. The van der Waals surface area contributed by atoms with Gasteiger partial charge in [0.15, 0.2) is 5.78 Å². The van der Waals surface area contributed by atoms with Gasteiger partial charge in [0, 0.05) is 11.8 Å². The van der Waals surface area contributed by atoms with E-state index in [-0.39, 0.29) is 11.5 Å². The summed E-state index contributed by atoms with van der Waals surface area (Å²) in [5, 5.41) is 0. The standard InChI is InChI=1S/C8H8N2O2/c1-5(11)6-2-3-7(8(9)12)10-4-6/h2-4H,1H3,(H2,9,12). The van der Waals surface area contributed by atoms with Crippen molar-refractivity contribution in [2.45, 2.75) is 6.92 Å². The predicted molar refractivity (Wildman–Crippen MR) is 42.8 cm³/mol. The maximum absolute atomic E-state index is 10.8. The topological polar surface area (TPSA) is 73.1 Å². The van der Waals surface area contributed by atoms with Gasteiger partial charge in [0.2, 0.25) is 0 Å². The Kier molecular flexibility index (Phi) is 2.19. The zero-order valence-electron chi connectivity index (χ0n) is 6.57. The monoisotopic (exact) mass is 164 g/mol. The van der Waals surface area contributed by atoms with Gasteiger partial charge < -0.3 is 5.73 Å². The fourth-order valence-corrected chi connectivity index (χ4v) is 0.748. The summed E-state index contributed by atoms with van der Waals surface area (Å²) in [6, 6.07) is 2.95. The van der Waals surface area contributed by atoms with Gasteiger partial charge in [-0.1, -0.05) is 0 Å². The molecule has 4 heteroatoms. The summed E-state index contributed by atoms with van der Waals surface area (Å²) in [6.07, 6.45) is 1.34. The van der Waals surface area contributed by atoms with Gasteiger partial charge in [-0.3, -0.25) is 14.6 Å². The molecule has 0 atom stereocenters. The highest BCUT2D eigenvalue weighted by atomic mass is 16.1. The lowest BCUT2D eigenvalue weighted by atomic mass is 10.2. The molecule has 1 aromatic rings. The third kappa shape index (κ3) is 1.66. The van der Waals surface area contributed by atoms with Crippen LogP contribution in [-0.2, 0) is 0 Å². The van der Waals surface area contributed by atoms with Crippen LogP contribution in [-0.4, -0.2) is 16.7 Å². The number of rotatable bonds is 2. The van der Waals surface area contributed by atoms with E-state index >= 15 is 0 Å². The number of ketones is 1. The van der Waals surface area contributed by atoms with Crippen molar-refractivity contribution in [3.63, 3.8) is 0 Å². The van der Waals surface area contributed by atoms with Gasteiger partial charge in [-0.05, 0) is 19.1 Å². The molecular formula is C8H8N2O2. The Labute approximate surface area is 69.4 Å². The van der Waals surface area contributed by atoms with Gasteiger partial charge in [0.1, 0.15) is 5.69 Å². The average molecular weight is 164 g/mol. The maximum atomic E-state index is 10.8. The van der Waals surface area contributed by atoms with E-state index in [0.29, 0.717) is 5.56 Å². The molecule has 0 unspecified atom stereocenters. The summed E-state index contributed by atoms with van der Waals surface area (Å²) in [5.74, 6) is -0.677. The van der Waals surface area contributed by atoms with Crippen LogP contribution in [0.1, 0.15) is 27.8 Å². The fraction of sp³-hybridized carbons (Fsp3) is 0.125. The molecular weight excluding hydrogens is 156 g/mol. The molecule has 1 amide bonds. The van der Waals surface area contributed by atoms with Gasteiger partial charge >= 0.3 is 0 Å². The molecule has 0 fully saturated rings. The smallest absolute Gasteiger partial charge is 0.267 e. The molecule has 12 heavy (non-hydrogen) atoms. The van der Waals surface area contributed by atoms with E-state index in [1.54, 1.807) is 0 Å². The summed E-state index contributed by atoms with van der Waals surface area (Å²) in [7, 11) is 0. The van der Waals surface area contributed by atoms with Crippen molar-refractivity contribution >= 4 is 11.7 Å². The summed E-state index contributed by atoms with van der Waals surface area (Å²) in [5.41, 5.74) is 5.59. The number of primary amides is 1. The van der Waals surface area contributed by atoms with Crippen molar-refractivity contribution in [2.75, 3.05) is 0 Å². The van der Waals surface area contributed by atoms with E-state index in [1.807, 2.05) is 0 Å². The van der Waals surface area contributed by atoms with Crippen molar-refractivity contribution in [3.8, 4) is 0 Å². The predicted octanol–water partition coefficient (Wildman–Crippen LogP) is 0.383. The first-order chi connectivity index (χ1) is 5.61. The van der Waals surface area contributed by atoms with Gasteiger partial charge in [0.05, 0.1) is 0 Å². The fourth-order valence-electron chi connectivity index (χ4n) is 0.748. The number of aromatic nitrogens is 1. The van der Waals surface area contributed by atoms with Gasteiger partial charge in [-0.2, -0.15) is 0 Å². The molecule has 0 saturated carbocycles. The lowest BCUT2D eigenvalue weighted by molar-refractivity contribution is 0.0988. The van der Waals surface area contributed by atoms with Gasteiger partial charge in [0.25, 0.3) is 5.91 Å². The largest absolute Gasteiger partial charge is 0.364 e. The van der Waals surface area contributed by atoms with Crippen molar-refractivity contribution in [2.24, 2.45) is 5.73 Å². The Balaban J connectivity index is 3.01. The van der Waals surface area contributed by atoms with Crippen molar-refractivity contribution in [3.05, 3.63) is 29.6 Å². The highest BCUT2D eigenvalue weighted by Gasteiger charge is 2.03. The van der Waals surface area contributed by atoms with E-state index < -0.39 is 5.91 Å². The van der Waals surface area contributed by atoms with E-state index in [2.05, 4.69) is 4.98 Å². The Morgan fingerprint density at radius 1 is 1.42 bits per heavy atom. The number of carbonyl (C=O) groups is 2. The minimum absolute atomic E-state index is 0.0847. The number of hydrogen-bond acceptors (Lipinski definition) is 3. The zero-order valence-corrected chi connectivity index (χ0v) is 6.57. The Morgan fingerprint density at radius 3 is 2.42 bits per heavy atom. The van der Waals surface area contributed by atoms with E-state index in [9.17, 15) is 9.59 Å². The first kappa shape index (κ1) is 8.39. The SMILES string of the molecule is CC(=O)c1ccc(C(N)=O)nc1. The van der Waals surface area contributed by atoms with E-state index in [4.69, 9.17) is 5.73 Å². The molecule has 0 spiro atoms. The molecule has 0 bridgehead atoms. The van der Waals surface area contributed by atoms with Crippen molar-refractivity contribution in [1.82, 2.24) is 4.98 Å². The van der Waals surface area contributed by atoms with Crippen LogP contribution in [0.3, 0.4) is 0 Å². The zero-order chi connectivity index (χ0) is 9.14. The second-order valence-corrected chi connectivity index (χ2v) is 2.35. The molecule has 0 aliphatic carbocycles. The second kappa shape index (κ2) is 3.13. The highest BCUT2D eigenvalue weighted by Crippen LogP contribution is 1.99. The maximum Gasteiger partial charge on any atom is 0.267 e. The lowest BCUT2D eigenvalue weighted by Gasteiger charge is -1.95. The van der Waals surface area contributed by atoms with Crippen LogP contribution in [0.5, 0.6) is 0 Å². The molecule has 0 radical (unpaired) electrons. The van der Waals surface area contributed by atoms with Crippen LogP contribution in [0.2, 0.25) is 0 Å². The number of Topliss-reactive ketones (excluding diaryl/α,β-unsaturated/α-hetero) is 1. The Bertz CT molecular complexity index is 283.